The molecular formula is C5H8N2O3S. The summed E-state index contributed by atoms with van der Waals surface area (Å²) in [7, 11) is 1.65. The van der Waals surface area contributed by atoms with Gasteiger partial charge in [-0.2, -0.15) is 0 Å². The first-order chi connectivity index (χ1) is 5.04. The van der Waals surface area contributed by atoms with Gasteiger partial charge in [-0.25, -0.2) is 4.98 Å². The Morgan fingerprint density at radius 1 is 1.55 bits per heavy atom. The van der Waals surface area contributed by atoms with Gasteiger partial charge in [0, 0.05) is 12.4 Å². The maximum absolute atomic E-state index is 8.63. The number of rotatable bonds is 2. The highest BCUT2D eigenvalue weighted by atomic mass is 32.1. The van der Waals surface area contributed by atoms with Gasteiger partial charge >= 0.3 is 5.97 Å². The van der Waals surface area contributed by atoms with E-state index in [-0.39, 0.29) is 5.69 Å². The van der Waals surface area contributed by atoms with Crippen LogP contribution in [-0.4, -0.2) is 27.4 Å². The summed E-state index contributed by atoms with van der Waals surface area (Å²) in [5.41, 5.74) is -0.174. The standard InChI is InChI=1S/C5H8N2O3S/c1-6-4-7-3(2-11-4)5(8,9)10/h2,8-10H,1H3,(H,6,7). The Balaban J connectivity index is 2.89. The van der Waals surface area contributed by atoms with Crippen molar-refractivity contribution in [1.29, 1.82) is 0 Å². The van der Waals surface area contributed by atoms with Gasteiger partial charge in [-0.15, -0.1) is 11.3 Å². The van der Waals surface area contributed by atoms with E-state index in [0.717, 1.165) is 0 Å². The van der Waals surface area contributed by atoms with Crippen LogP contribution in [0.3, 0.4) is 0 Å². The van der Waals surface area contributed by atoms with Gasteiger partial charge in [-0.1, -0.05) is 0 Å². The molecule has 1 aromatic heterocycles. The summed E-state index contributed by atoms with van der Waals surface area (Å²) in [4.78, 5) is 3.66. The van der Waals surface area contributed by atoms with Crippen LogP contribution in [0.2, 0.25) is 0 Å². The zero-order chi connectivity index (χ0) is 8.48. The molecule has 4 N–H and O–H groups in total. The third-order valence-corrected chi connectivity index (χ3v) is 1.92. The van der Waals surface area contributed by atoms with Crippen molar-refractivity contribution >= 4 is 16.5 Å². The van der Waals surface area contributed by atoms with Crippen LogP contribution in [0, 0.1) is 0 Å². The van der Waals surface area contributed by atoms with Crippen LogP contribution < -0.4 is 5.32 Å². The fraction of sp³-hybridized carbons (Fsp3) is 0.400. The van der Waals surface area contributed by atoms with Crippen molar-refractivity contribution in [2.24, 2.45) is 0 Å². The highest BCUT2D eigenvalue weighted by molar-refractivity contribution is 7.13. The number of hydrogen-bond acceptors (Lipinski definition) is 6. The van der Waals surface area contributed by atoms with Gasteiger partial charge in [0.2, 0.25) is 0 Å². The van der Waals surface area contributed by atoms with Crippen molar-refractivity contribution in [3.8, 4) is 0 Å². The Bertz CT molecular complexity index is 242. The lowest BCUT2D eigenvalue weighted by Gasteiger charge is -2.09. The fourth-order valence-electron chi connectivity index (χ4n) is 0.543. The number of aliphatic hydroxyl groups is 3. The minimum absolute atomic E-state index is 0.174. The van der Waals surface area contributed by atoms with Crippen molar-refractivity contribution < 1.29 is 15.3 Å². The molecule has 0 saturated carbocycles. The van der Waals surface area contributed by atoms with Gasteiger partial charge in [0.25, 0.3) is 0 Å². The second-order valence-corrected chi connectivity index (χ2v) is 2.78. The molecule has 6 heteroatoms. The van der Waals surface area contributed by atoms with Crippen molar-refractivity contribution in [3.05, 3.63) is 11.1 Å². The van der Waals surface area contributed by atoms with E-state index < -0.39 is 5.97 Å². The van der Waals surface area contributed by atoms with E-state index in [1.54, 1.807) is 7.05 Å². The van der Waals surface area contributed by atoms with Gasteiger partial charge in [0.1, 0.15) is 5.69 Å². The molecule has 0 aliphatic heterocycles. The largest absolute Gasteiger partial charge is 0.365 e. The molecule has 1 rings (SSSR count). The van der Waals surface area contributed by atoms with Crippen LogP contribution in [0.1, 0.15) is 5.69 Å². The molecule has 1 aromatic rings. The maximum atomic E-state index is 8.63. The van der Waals surface area contributed by atoms with E-state index in [0.29, 0.717) is 5.13 Å². The highest BCUT2D eigenvalue weighted by Gasteiger charge is 2.24. The number of nitrogens with one attached hydrogen (secondary N) is 1. The molecule has 0 radical (unpaired) electrons. The SMILES string of the molecule is CNc1nc(C(O)(O)O)cs1. The quantitative estimate of drug-likeness (QED) is 0.446. The molecule has 0 aliphatic rings. The normalized spacial score (nSPS) is 11.6. The average molecular weight is 176 g/mol. The molecule has 1 heterocycles. The van der Waals surface area contributed by atoms with E-state index in [1.165, 1.54) is 16.7 Å². The van der Waals surface area contributed by atoms with E-state index in [1.807, 2.05) is 0 Å². The zero-order valence-electron chi connectivity index (χ0n) is 5.77. The molecule has 0 atom stereocenters. The summed E-state index contributed by atoms with van der Waals surface area (Å²) in [6.07, 6.45) is 0. The molecule has 0 unspecified atom stereocenters. The molecule has 62 valence electrons. The van der Waals surface area contributed by atoms with Crippen LogP contribution >= 0.6 is 11.3 Å². The minimum atomic E-state index is -2.83. The van der Waals surface area contributed by atoms with E-state index in [2.05, 4.69) is 10.3 Å². The summed E-state index contributed by atoms with van der Waals surface area (Å²) >= 11 is 1.17. The Kier molecular flexibility index (Phi) is 2.10. The lowest BCUT2D eigenvalue weighted by molar-refractivity contribution is -0.326. The molecule has 11 heavy (non-hydrogen) atoms. The first-order valence-electron chi connectivity index (χ1n) is 2.85. The topological polar surface area (TPSA) is 85.6 Å². The minimum Gasteiger partial charge on any atom is -0.365 e. The highest BCUT2D eigenvalue weighted by Crippen LogP contribution is 2.20. The van der Waals surface area contributed by atoms with Crippen LogP contribution in [0.15, 0.2) is 5.38 Å². The summed E-state index contributed by atoms with van der Waals surface area (Å²) in [5.74, 6) is -2.83. The van der Waals surface area contributed by atoms with Gasteiger partial charge in [-0.05, 0) is 0 Å². The Labute approximate surface area is 67.0 Å². The number of aromatic nitrogens is 1. The lowest BCUT2D eigenvalue weighted by atomic mass is 10.4. The van der Waals surface area contributed by atoms with E-state index in [4.69, 9.17) is 15.3 Å². The molecule has 0 fully saturated rings. The molecule has 0 aliphatic carbocycles. The van der Waals surface area contributed by atoms with Crippen LogP contribution in [0.25, 0.3) is 0 Å². The first kappa shape index (κ1) is 8.41. The summed E-state index contributed by atoms with van der Waals surface area (Å²) < 4.78 is 0. The first-order valence-corrected chi connectivity index (χ1v) is 3.73. The molecular weight excluding hydrogens is 168 g/mol. The van der Waals surface area contributed by atoms with Crippen LogP contribution in [0.4, 0.5) is 5.13 Å². The van der Waals surface area contributed by atoms with Gasteiger partial charge in [0.05, 0.1) is 0 Å². The second-order valence-electron chi connectivity index (χ2n) is 1.92. The lowest BCUT2D eigenvalue weighted by Crippen LogP contribution is -2.24. The molecule has 0 amide bonds. The number of anilines is 1. The average Bonchev–Trinajstić information content (AvgIpc) is 2.32. The van der Waals surface area contributed by atoms with Crippen molar-refractivity contribution in [2.75, 3.05) is 12.4 Å². The number of nitrogens with zero attached hydrogens (tertiary/aromatic N) is 1. The van der Waals surface area contributed by atoms with Crippen molar-refractivity contribution in [3.63, 3.8) is 0 Å². The van der Waals surface area contributed by atoms with Gasteiger partial charge in [0.15, 0.2) is 5.13 Å². The maximum Gasteiger partial charge on any atom is 0.323 e. The van der Waals surface area contributed by atoms with E-state index in [9.17, 15) is 0 Å². The Morgan fingerprint density at radius 2 is 2.18 bits per heavy atom. The second kappa shape index (κ2) is 2.74. The summed E-state index contributed by atoms with van der Waals surface area (Å²) in [6, 6.07) is 0. The zero-order valence-corrected chi connectivity index (χ0v) is 6.59. The number of thiazole rings is 1. The third kappa shape index (κ3) is 1.87. The van der Waals surface area contributed by atoms with Gasteiger partial charge < -0.3 is 20.6 Å². The fourth-order valence-corrected chi connectivity index (χ4v) is 1.25. The summed E-state index contributed by atoms with van der Waals surface area (Å²) in [5, 5.41) is 30.4. The molecule has 5 nitrogen and oxygen atoms in total. The Morgan fingerprint density at radius 3 is 2.45 bits per heavy atom. The van der Waals surface area contributed by atoms with Crippen LogP contribution in [-0.2, 0) is 5.97 Å². The molecule has 0 bridgehead atoms. The summed E-state index contributed by atoms with van der Waals surface area (Å²) in [6.45, 7) is 0. The number of hydrogen-bond donors (Lipinski definition) is 4. The molecule has 0 spiro atoms. The predicted molar refractivity (Wildman–Crippen MR) is 40.0 cm³/mol. The Hall–Kier alpha value is -0.690. The van der Waals surface area contributed by atoms with Crippen LogP contribution in [0.5, 0.6) is 0 Å². The van der Waals surface area contributed by atoms with Crippen molar-refractivity contribution in [2.45, 2.75) is 5.97 Å². The smallest absolute Gasteiger partial charge is 0.323 e. The van der Waals surface area contributed by atoms with Crippen molar-refractivity contribution in [1.82, 2.24) is 4.98 Å². The van der Waals surface area contributed by atoms with E-state index >= 15 is 0 Å². The third-order valence-electron chi connectivity index (χ3n) is 1.06. The predicted octanol–water partition coefficient (Wildman–Crippen LogP) is -0.728. The van der Waals surface area contributed by atoms with Gasteiger partial charge in [-0.3, -0.25) is 0 Å². The molecule has 0 saturated heterocycles. The molecule has 0 aromatic carbocycles. The monoisotopic (exact) mass is 176 g/mol.